The first-order chi connectivity index (χ1) is 15.0. The molecule has 1 atom stereocenters. The second kappa shape index (κ2) is 10.3. The van der Waals surface area contributed by atoms with Crippen LogP contribution in [0.5, 0.6) is 11.5 Å². The molecule has 31 heavy (non-hydrogen) atoms. The average molecular weight is 491 g/mol. The average Bonchev–Trinajstić information content (AvgIpc) is 3.17. The number of benzene rings is 1. The molecule has 2 N–H and O–H groups in total. The molecule has 3 aromatic rings. The number of rotatable bonds is 10. The van der Waals surface area contributed by atoms with Crippen LogP contribution in [0.1, 0.15) is 25.3 Å². The van der Waals surface area contributed by atoms with Crippen molar-refractivity contribution < 1.29 is 14.6 Å². The Morgan fingerprint density at radius 2 is 2.00 bits per heavy atom. The molecular formula is C19H23BrN8O3. The highest BCUT2D eigenvalue weighted by Crippen LogP contribution is 2.34. The van der Waals surface area contributed by atoms with E-state index in [0.717, 1.165) is 22.9 Å². The normalized spacial score (nSPS) is 11.8. The molecule has 0 bridgehead atoms. The summed E-state index contributed by atoms with van der Waals surface area (Å²) in [6, 6.07) is 3.49. The lowest BCUT2D eigenvalue weighted by Crippen LogP contribution is -2.24. The van der Waals surface area contributed by atoms with E-state index in [1.54, 1.807) is 25.1 Å². The van der Waals surface area contributed by atoms with Crippen LogP contribution < -0.4 is 14.8 Å². The van der Waals surface area contributed by atoms with Gasteiger partial charge in [-0.15, -0.1) is 0 Å². The molecule has 0 saturated carbocycles. The second-order valence-electron chi connectivity index (χ2n) is 6.72. The second-order valence-corrected chi connectivity index (χ2v) is 7.64. The van der Waals surface area contributed by atoms with Gasteiger partial charge < -0.3 is 19.9 Å². The number of azide groups is 1. The van der Waals surface area contributed by atoms with Crippen molar-refractivity contribution in [3.63, 3.8) is 0 Å². The summed E-state index contributed by atoms with van der Waals surface area (Å²) in [5.41, 5.74) is 10.6. The van der Waals surface area contributed by atoms with Gasteiger partial charge in [0.25, 0.3) is 0 Å². The molecule has 3 rings (SSSR count). The largest absolute Gasteiger partial charge is 0.496 e. The van der Waals surface area contributed by atoms with Crippen molar-refractivity contribution >= 4 is 38.7 Å². The molecule has 0 amide bonds. The van der Waals surface area contributed by atoms with E-state index in [9.17, 15) is 5.11 Å². The molecule has 0 saturated heterocycles. The van der Waals surface area contributed by atoms with E-state index in [1.165, 1.54) is 0 Å². The summed E-state index contributed by atoms with van der Waals surface area (Å²) in [7, 11) is 3.18. The predicted molar refractivity (Wildman–Crippen MR) is 120 cm³/mol. The van der Waals surface area contributed by atoms with Gasteiger partial charge >= 0.3 is 0 Å². The van der Waals surface area contributed by atoms with Crippen molar-refractivity contribution in [3.05, 3.63) is 38.8 Å². The third kappa shape index (κ3) is 5.16. The van der Waals surface area contributed by atoms with E-state index in [2.05, 4.69) is 46.3 Å². The molecule has 0 aliphatic heterocycles. The summed E-state index contributed by atoms with van der Waals surface area (Å²) < 4.78 is 13.5. The van der Waals surface area contributed by atoms with Crippen LogP contribution in [0.3, 0.4) is 0 Å². The Hall–Kier alpha value is -3.08. The maximum absolute atomic E-state index is 9.66. The number of hydrogen-bond acceptors (Lipinski definition) is 8. The van der Waals surface area contributed by atoms with E-state index in [-0.39, 0.29) is 18.6 Å². The maximum Gasteiger partial charge on any atom is 0.219 e. The lowest BCUT2D eigenvalue weighted by atomic mass is 10.1. The van der Waals surface area contributed by atoms with Crippen LogP contribution in [0.2, 0.25) is 0 Å². The fourth-order valence-corrected chi connectivity index (χ4v) is 3.65. The Bertz CT molecular complexity index is 1090. The van der Waals surface area contributed by atoms with Crippen LogP contribution in [-0.2, 0) is 6.54 Å². The van der Waals surface area contributed by atoms with Gasteiger partial charge in [-0.05, 0) is 29.2 Å². The van der Waals surface area contributed by atoms with Crippen LogP contribution in [0, 0.1) is 0 Å². The zero-order valence-corrected chi connectivity index (χ0v) is 19.0. The lowest BCUT2D eigenvalue weighted by molar-refractivity contribution is 0.268. The number of aromatic nitrogens is 4. The minimum absolute atomic E-state index is 0.0240. The Labute approximate surface area is 187 Å². The van der Waals surface area contributed by atoms with Gasteiger partial charge in [0.05, 0.1) is 45.2 Å². The van der Waals surface area contributed by atoms with E-state index < -0.39 is 0 Å². The first-order valence-corrected chi connectivity index (χ1v) is 10.4. The van der Waals surface area contributed by atoms with E-state index in [4.69, 9.17) is 15.0 Å². The molecule has 0 fully saturated rings. The molecule has 12 heteroatoms. The van der Waals surface area contributed by atoms with Crippen molar-refractivity contribution in [1.82, 2.24) is 19.7 Å². The smallest absolute Gasteiger partial charge is 0.219 e. The van der Waals surface area contributed by atoms with Crippen molar-refractivity contribution in [2.24, 2.45) is 5.11 Å². The van der Waals surface area contributed by atoms with Crippen LogP contribution in [0.4, 0.5) is 11.8 Å². The molecule has 0 unspecified atom stereocenters. The van der Waals surface area contributed by atoms with Crippen molar-refractivity contribution in [3.8, 4) is 11.5 Å². The standard InChI is InChI=1S/C19H23BrN8O3/c1-4-5-12(10-29)22-18-17-14(23-19(24-18)25-27-21)9-28(26-17)8-13-15(30-2)6-11(20)7-16(13)31-3/h6-7,9,12,29H,4-5,8,10H2,1-3H3,(H,22,23,24)/t12-/m0/s1. The number of hydrogen-bond donors (Lipinski definition) is 2. The summed E-state index contributed by atoms with van der Waals surface area (Å²) in [5.74, 6) is 1.67. The van der Waals surface area contributed by atoms with Gasteiger partial charge in [0.1, 0.15) is 17.0 Å². The van der Waals surface area contributed by atoms with Gasteiger partial charge in [-0.3, -0.25) is 4.68 Å². The number of fused-ring (bicyclic) bond motifs is 1. The fraction of sp³-hybridized carbons (Fsp3) is 0.421. The van der Waals surface area contributed by atoms with Gasteiger partial charge in [0.2, 0.25) is 5.95 Å². The Morgan fingerprint density at radius 3 is 2.58 bits per heavy atom. The van der Waals surface area contributed by atoms with Gasteiger partial charge in [0, 0.05) is 9.38 Å². The summed E-state index contributed by atoms with van der Waals surface area (Å²) in [4.78, 5) is 11.3. The number of methoxy groups -OCH3 is 2. The van der Waals surface area contributed by atoms with Crippen LogP contribution in [-0.4, -0.2) is 51.7 Å². The first kappa shape index (κ1) is 22.6. The number of ether oxygens (including phenoxy) is 2. The number of aliphatic hydroxyl groups excluding tert-OH is 1. The van der Waals surface area contributed by atoms with Gasteiger partial charge in [-0.2, -0.15) is 5.10 Å². The zero-order chi connectivity index (χ0) is 22.4. The predicted octanol–water partition coefficient (Wildman–Crippen LogP) is 4.17. The van der Waals surface area contributed by atoms with Crippen LogP contribution in [0.15, 0.2) is 27.9 Å². The third-order valence-corrected chi connectivity index (χ3v) is 5.08. The number of halogens is 1. The molecule has 0 aliphatic rings. The summed E-state index contributed by atoms with van der Waals surface area (Å²) in [6.45, 7) is 2.31. The molecule has 2 heterocycles. The van der Waals surface area contributed by atoms with Crippen LogP contribution >= 0.6 is 15.9 Å². The highest BCUT2D eigenvalue weighted by atomic mass is 79.9. The lowest BCUT2D eigenvalue weighted by Gasteiger charge is -2.16. The minimum Gasteiger partial charge on any atom is -0.496 e. The van der Waals surface area contributed by atoms with Gasteiger partial charge in [-0.25, -0.2) is 9.97 Å². The molecule has 1 aromatic carbocycles. The number of nitrogens with zero attached hydrogens (tertiary/aromatic N) is 7. The first-order valence-electron chi connectivity index (χ1n) is 9.61. The summed E-state index contributed by atoms with van der Waals surface area (Å²) >= 11 is 3.45. The SMILES string of the molecule is CCC[C@@H](CO)Nc1nc(N=[N+]=[N-])nc2cn(Cc3c(OC)cc(Br)cc3OC)nc12. The summed E-state index contributed by atoms with van der Waals surface area (Å²) in [6.07, 6.45) is 3.35. The monoisotopic (exact) mass is 490 g/mol. The Kier molecular flexibility index (Phi) is 7.50. The highest BCUT2D eigenvalue weighted by molar-refractivity contribution is 9.10. The Balaban J connectivity index is 2.06. The van der Waals surface area contributed by atoms with Gasteiger partial charge in [-0.1, -0.05) is 29.3 Å². The number of nitrogens with one attached hydrogen (secondary N) is 1. The zero-order valence-electron chi connectivity index (χ0n) is 17.4. The topological polar surface area (TPSA) is 143 Å². The van der Waals surface area contributed by atoms with E-state index in [1.807, 2.05) is 19.1 Å². The maximum atomic E-state index is 9.66. The minimum atomic E-state index is -0.209. The molecule has 0 aliphatic carbocycles. The van der Waals surface area contributed by atoms with Crippen molar-refractivity contribution in [1.29, 1.82) is 0 Å². The molecule has 0 radical (unpaired) electrons. The summed E-state index contributed by atoms with van der Waals surface area (Å²) in [5, 5.41) is 21.0. The van der Waals surface area contributed by atoms with Crippen molar-refractivity contribution in [2.75, 3.05) is 26.1 Å². The molecule has 164 valence electrons. The van der Waals surface area contributed by atoms with Crippen LogP contribution in [0.25, 0.3) is 21.5 Å². The quantitative estimate of drug-likeness (QED) is 0.246. The van der Waals surface area contributed by atoms with E-state index >= 15 is 0 Å². The third-order valence-electron chi connectivity index (χ3n) is 4.62. The molecule has 2 aromatic heterocycles. The molecule has 11 nitrogen and oxygen atoms in total. The number of aliphatic hydroxyl groups is 1. The van der Waals surface area contributed by atoms with Gasteiger partial charge in [0.15, 0.2) is 11.3 Å². The molecule has 0 spiro atoms. The fourth-order valence-electron chi connectivity index (χ4n) is 3.23. The Morgan fingerprint density at radius 1 is 1.29 bits per heavy atom. The molecular weight excluding hydrogens is 468 g/mol. The van der Waals surface area contributed by atoms with Crippen molar-refractivity contribution in [2.45, 2.75) is 32.4 Å². The highest BCUT2D eigenvalue weighted by Gasteiger charge is 2.18. The number of anilines is 1. The van der Waals surface area contributed by atoms with E-state index in [0.29, 0.717) is 34.9 Å².